The molecule has 3 heterocycles. The molecule has 302 valence electrons. The molecule has 0 radical (unpaired) electrons. The third-order valence-corrected chi connectivity index (χ3v) is 21.6. The van der Waals surface area contributed by atoms with Gasteiger partial charge in [0.1, 0.15) is 5.03 Å². The largest absolute Gasteiger partial charge is 0.404 e. The summed E-state index contributed by atoms with van der Waals surface area (Å²) in [5.74, 6) is -0.444. The van der Waals surface area contributed by atoms with Gasteiger partial charge in [0.15, 0.2) is 5.01 Å². The van der Waals surface area contributed by atoms with E-state index in [0.29, 0.717) is 17.8 Å². The number of nitrogens with one attached hydrogen (secondary N) is 1. The van der Waals surface area contributed by atoms with Gasteiger partial charge in [0.05, 0.1) is 25.9 Å². The zero-order valence-corrected chi connectivity index (χ0v) is 38.0. The number of benzene rings is 3. The Morgan fingerprint density at radius 2 is 1.58 bits per heavy atom. The summed E-state index contributed by atoms with van der Waals surface area (Å²) in [4.78, 5) is 39.8. The van der Waals surface area contributed by atoms with Crippen molar-refractivity contribution in [2.24, 2.45) is 0 Å². The molecule has 2 amide bonds. The standard InChI is InChI=1S/C43H55N5O5S2Si2/c1-43(2,3)57(33-15-11-9-12-16-33,34-17-13-10-14-18-34)53-32-19-21-37-38(28-32)54-41(45-37)42(50)48-24-23-47(29-31(48)27-40(49)46(4)5)55(51,52)39-26-30-25-35(56(6,7)8)20-22-36(30)44-39/h9-18,20,22,25-26,31-32,44H,19,21,23-24,27-29H2,1-8H3. The summed E-state index contributed by atoms with van der Waals surface area (Å²) in [6.07, 6.45) is 2.08. The number of carbonyl (C=O) groups is 2. The molecule has 1 N–H and O–H groups in total. The zero-order valence-electron chi connectivity index (χ0n) is 34.3. The summed E-state index contributed by atoms with van der Waals surface area (Å²) in [6, 6.07) is 28.4. The summed E-state index contributed by atoms with van der Waals surface area (Å²) in [6.45, 7) is 13.9. The van der Waals surface area contributed by atoms with Crippen molar-refractivity contribution in [3.63, 3.8) is 0 Å². The second-order valence-corrected chi connectivity index (χ2v) is 30.0. The van der Waals surface area contributed by atoms with Gasteiger partial charge in [-0.25, -0.2) is 13.4 Å². The van der Waals surface area contributed by atoms with Crippen LogP contribution in [0.5, 0.6) is 0 Å². The van der Waals surface area contributed by atoms with Crippen molar-refractivity contribution in [3.8, 4) is 0 Å². The van der Waals surface area contributed by atoms with Gasteiger partial charge < -0.3 is 19.2 Å². The average Bonchev–Trinajstić information content (AvgIpc) is 3.81. The number of aromatic nitrogens is 2. The number of rotatable bonds is 10. The number of sulfonamides is 1. The number of hydrogen-bond donors (Lipinski definition) is 1. The molecule has 0 saturated carbocycles. The molecule has 0 bridgehead atoms. The summed E-state index contributed by atoms with van der Waals surface area (Å²) >= 11 is 1.41. The molecule has 2 atom stereocenters. The van der Waals surface area contributed by atoms with E-state index in [-0.39, 0.29) is 54.0 Å². The van der Waals surface area contributed by atoms with Gasteiger partial charge in [0.2, 0.25) is 5.91 Å². The first-order valence-corrected chi connectivity index (χ1v) is 27.5. The first-order chi connectivity index (χ1) is 26.9. The van der Waals surface area contributed by atoms with Crippen molar-refractivity contribution in [3.05, 3.63) is 101 Å². The molecular formula is C43H55N5O5S2Si2. The molecule has 57 heavy (non-hydrogen) atoms. The Bertz CT molecular complexity index is 2330. The minimum atomic E-state index is -3.95. The molecule has 1 aliphatic heterocycles. The number of amides is 2. The van der Waals surface area contributed by atoms with Gasteiger partial charge in [0.25, 0.3) is 24.2 Å². The van der Waals surface area contributed by atoms with Gasteiger partial charge in [-0.2, -0.15) is 4.31 Å². The molecule has 3 aromatic carbocycles. The molecule has 0 spiro atoms. The predicted molar refractivity (Wildman–Crippen MR) is 235 cm³/mol. The highest BCUT2D eigenvalue weighted by molar-refractivity contribution is 7.89. The highest BCUT2D eigenvalue weighted by atomic mass is 32.2. The number of nitrogens with zero attached hydrogens (tertiary/aromatic N) is 4. The van der Waals surface area contributed by atoms with Crippen LogP contribution in [0.1, 0.15) is 54.0 Å². The van der Waals surface area contributed by atoms with E-state index in [2.05, 4.69) is 106 Å². The lowest BCUT2D eigenvalue weighted by Crippen LogP contribution is -2.68. The van der Waals surface area contributed by atoms with Crippen LogP contribution in [0.3, 0.4) is 0 Å². The molecule has 7 rings (SSSR count). The number of thiazole rings is 1. The monoisotopic (exact) mass is 841 g/mol. The van der Waals surface area contributed by atoms with Crippen molar-refractivity contribution in [1.29, 1.82) is 0 Å². The van der Waals surface area contributed by atoms with Crippen LogP contribution in [-0.2, 0) is 32.1 Å². The molecule has 2 aliphatic rings. The quantitative estimate of drug-likeness (QED) is 0.183. The maximum Gasteiger partial charge on any atom is 0.283 e. The van der Waals surface area contributed by atoms with E-state index < -0.39 is 32.5 Å². The number of fused-ring (bicyclic) bond motifs is 2. The van der Waals surface area contributed by atoms with Crippen LogP contribution < -0.4 is 15.6 Å². The van der Waals surface area contributed by atoms with Crippen molar-refractivity contribution in [1.82, 2.24) is 24.1 Å². The summed E-state index contributed by atoms with van der Waals surface area (Å²) < 4.78 is 37.2. The molecule has 2 aromatic heterocycles. The Hall–Kier alpha value is -3.93. The Morgan fingerprint density at radius 3 is 2.18 bits per heavy atom. The van der Waals surface area contributed by atoms with E-state index in [1.165, 1.54) is 36.1 Å². The molecule has 1 fully saturated rings. The van der Waals surface area contributed by atoms with Crippen molar-refractivity contribution in [2.75, 3.05) is 33.7 Å². The van der Waals surface area contributed by atoms with Gasteiger partial charge >= 0.3 is 0 Å². The highest BCUT2D eigenvalue weighted by Crippen LogP contribution is 2.40. The molecule has 1 saturated heterocycles. The summed E-state index contributed by atoms with van der Waals surface area (Å²) in [7, 11) is -4.99. The SMILES string of the molecule is CN(C)C(=O)CC1CN(S(=O)(=O)c2cc3cc([Si](C)(C)C)ccc3[nH]2)CCN1C(=O)c1nc2c(s1)CC(O[Si](c1ccccc1)(c1ccccc1)C(C)(C)C)CC2. The topological polar surface area (TPSA) is 116 Å². The Kier molecular flexibility index (Phi) is 11.3. The number of H-pyrrole nitrogens is 1. The van der Waals surface area contributed by atoms with E-state index >= 15 is 0 Å². The van der Waals surface area contributed by atoms with Crippen LogP contribution >= 0.6 is 11.3 Å². The number of carbonyl (C=O) groups excluding carboxylic acids is 2. The van der Waals surface area contributed by atoms with Gasteiger partial charge in [-0.05, 0) is 40.4 Å². The second-order valence-electron chi connectivity index (χ2n) is 17.7. The predicted octanol–water partition coefficient (Wildman–Crippen LogP) is 5.60. The molecule has 1 aliphatic carbocycles. The highest BCUT2D eigenvalue weighted by Gasteiger charge is 2.52. The Morgan fingerprint density at radius 1 is 0.930 bits per heavy atom. The lowest BCUT2D eigenvalue weighted by Gasteiger charge is -2.45. The normalized spacial score (nSPS) is 18.4. The average molecular weight is 842 g/mol. The fourth-order valence-corrected chi connectivity index (χ4v) is 16.8. The molecule has 10 nitrogen and oxygen atoms in total. The summed E-state index contributed by atoms with van der Waals surface area (Å²) in [5.41, 5.74) is 1.68. The van der Waals surface area contributed by atoms with Crippen LogP contribution in [-0.4, -0.2) is 107 Å². The third-order valence-electron chi connectivity index (χ3n) is 11.5. The van der Waals surface area contributed by atoms with Crippen molar-refractivity contribution >= 4 is 76.0 Å². The molecular weight excluding hydrogens is 787 g/mol. The van der Waals surface area contributed by atoms with Gasteiger partial charge in [-0.3, -0.25) is 9.59 Å². The first kappa shape index (κ1) is 41.2. The second kappa shape index (κ2) is 15.7. The molecule has 5 aromatic rings. The maximum absolute atomic E-state index is 14.4. The van der Waals surface area contributed by atoms with Crippen LogP contribution in [0, 0.1) is 0 Å². The fourth-order valence-electron chi connectivity index (χ4n) is 8.32. The number of aryl methyl sites for hydroxylation is 1. The number of hydrogen-bond acceptors (Lipinski definition) is 7. The van der Waals surface area contributed by atoms with Crippen molar-refractivity contribution in [2.45, 2.75) is 88.3 Å². The first-order valence-electron chi connectivity index (χ1n) is 19.8. The zero-order chi connectivity index (χ0) is 40.9. The summed E-state index contributed by atoms with van der Waals surface area (Å²) in [5, 5.41) is 4.89. The van der Waals surface area contributed by atoms with Crippen molar-refractivity contribution < 1.29 is 22.4 Å². The number of aromatic amines is 1. The van der Waals surface area contributed by atoms with E-state index in [1.807, 2.05) is 18.2 Å². The van der Waals surface area contributed by atoms with Crippen LogP contribution in [0.25, 0.3) is 10.9 Å². The van der Waals surface area contributed by atoms with Gasteiger partial charge in [0, 0.05) is 62.4 Å². The molecule has 14 heteroatoms. The van der Waals surface area contributed by atoms with E-state index in [1.54, 1.807) is 25.1 Å². The Balaban J connectivity index is 1.13. The lowest BCUT2D eigenvalue weighted by molar-refractivity contribution is -0.130. The Labute approximate surface area is 343 Å². The smallest absolute Gasteiger partial charge is 0.283 e. The van der Waals surface area contributed by atoms with E-state index in [0.717, 1.165) is 27.9 Å². The molecule has 2 unspecified atom stereocenters. The lowest BCUT2D eigenvalue weighted by atomic mass is 10.0. The van der Waals surface area contributed by atoms with E-state index in [9.17, 15) is 18.0 Å². The van der Waals surface area contributed by atoms with Crippen LogP contribution in [0.2, 0.25) is 24.7 Å². The van der Waals surface area contributed by atoms with Crippen LogP contribution in [0.4, 0.5) is 0 Å². The maximum atomic E-state index is 14.4. The van der Waals surface area contributed by atoms with Gasteiger partial charge in [-0.1, -0.05) is 118 Å². The van der Waals surface area contributed by atoms with E-state index in [4.69, 9.17) is 9.41 Å². The number of piperazine rings is 1. The minimum absolute atomic E-state index is 0.00264. The van der Waals surface area contributed by atoms with Crippen LogP contribution in [0.15, 0.2) is 90.0 Å². The minimum Gasteiger partial charge on any atom is -0.404 e. The third kappa shape index (κ3) is 8.09. The van der Waals surface area contributed by atoms with Gasteiger partial charge in [-0.15, -0.1) is 11.3 Å². The fraction of sp³-hybridized carbons (Fsp3) is 0.419.